The van der Waals surface area contributed by atoms with E-state index in [9.17, 15) is 24.7 Å². The van der Waals surface area contributed by atoms with Crippen molar-refractivity contribution in [2.75, 3.05) is 109 Å². The number of methoxy groups -OCH3 is 8. The van der Waals surface area contributed by atoms with Gasteiger partial charge in [0.1, 0.15) is 48.4 Å². The Morgan fingerprint density at radius 3 is 1.06 bits per heavy atom. The smallest absolute Gasteiger partial charge is 0.323 e. The number of fused-ring (bicyclic) bond motifs is 12. The molecule has 4 aromatic carbocycles. The summed E-state index contributed by atoms with van der Waals surface area (Å²) in [5.74, 6) is -48.2. The number of rotatable bonds is 28. The molecule has 0 bridgehead atoms. The highest BCUT2D eigenvalue weighted by atomic mass is 16.6. The number of piperidine rings is 4. The van der Waals surface area contributed by atoms with Crippen LogP contribution < -0.4 is 60.8 Å². The zero-order valence-corrected chi connectivity index (χ0v) is 67.0. The van der Waals surface area contributed by atoms with Gasteiger partial charge in [-0.1, -0.05) is 110 Å². The highest BCUT2D eigenvalue weighted by Gasteiger charge is 2.47. The second-order valence-electron chi connectivity index (χ2n) is 27.8. The van der Waals surface area contributed by atoms with Gasteiger partial charge in [0.15, 0.2) is 46.0 Å². The first kappa shape index (κ1) is 35.7. The molecule has 0 aromatic heterocycles. The van der Waals surface area contributed by atoms with Crippen molar-refractivity contribution in [3.63, 3.8) is 0 Å². The zero-order chi connectivity index (χ0) is 156. The molecule has 0 spiro atoms. The fourth-order valence-corrected chi connectivity index (χ4v) is 14.2. The van der Waals surface area contributed by atoms with E-state index in [2.05, 4.69) is 0 Å². The highest BCUT2D eigenvalue weighted by Crippen LogP contribution is 2.50. The number of ether oxygens (including phenoxy) is 12. The van der Waals surface area contributed by atoms with Crippen LogP contribution in [0.15, 0.2) is 48.4 Å². The van der Waals surface area contributed by atoms with Gasteiger partial charge in [0, 0.05) is 208 Å². The summed E-state index contributed by atoms with van der Waals surface area (Å²) in [6.45, 7) is -52.1. The molecule has 4 fully saturated rings. The van der Waals surface area contributed by atoms with Crippen molar-refractivity contribution in [2.45, 2.75) is 259 Å². The van der Waals surface area contributed by atoms with Crippen molar-refractivity contribution in [3.05, 3.63) is 92.9 Å². The summed E-state index contributed by atoms with van der Waals surface area (Å²) in [4.78, 5) is 58.7. The molecule has 8 aliphatic heterocycles. The number of benzene rings is 4. The maximum absolute atomic E-state index is 13.7. The predicted molar refractivity (Wildman–Crippen MR) is 471 cm³/mol. The average Bonchev–Trinajstić information content (AvgIpc) is 0.694. The highest BCUT2D eigenvalue weighted by molar-refractivity contribution is 5.77. The van der Waals surface area contributed by atoms with Crippen LogP contribution in [0.5, 0.6) is 46.0 Å². The quantitative estimate of drug-likeness (QED) is 0.0303. The number of hydrogen-bond acceptors (Lipinski definition) is 24. The second-order valence-corrected chi connectivity index (χ2v) is 27.8. The van der Waals surface area contributed by atoms with Crippen LogP contribution in [0, 0.1) is 70.8 Å². The molecular formula is C96H152N8O16. The van der Waals surface area contributed by atoms with E-state index in [0.29, 0.717) is 13.8 Å². The van der Waals surface area contributed by atoms with Crippen molar-refractivity contribution in [1.29, 1.82) is 0 Å². The van der Waals surface area contributed by atoms with Crippen LogP contribution in [0.2, 0.25) is 0 Å². The summed E-state index contributed by atoms with van der Waals surface area (Å²) in [5, 5.41) is 0. The van der Waals surface area contributed by atoms with Gasteiger partial charge in [0.05, 0.1) is 81.4 Å². The summed E-state index contributed by atoms with van der Waals surface area (Å²) in [6.07, 6.45) is -33.7. The minimum Gasteiger partial charge on any atom is -0.493 e. The SMILES string of the molecule is [2H]C([2H])([2H])C([2H])(C)C([2H])([2H])C1CN2C(CC1OC(=O)[C@@]([2H])(N)C([2H])(C([2H])([2H])[2H])C([2H])([2H])[2H])c1cc(OC)c(OC)cc1C([2H])([2H])C2([2H])[2H].[2H]C([2H])([2H])Oc1cc2c(cc1OC)C1CC(OC(=O)[C@@]([2H])(N)C([2H])(C([2H])([2H])[2H])C([2H])([2H])[2H])C(C([2H])([2H])C([2H])(C)C([2H])([2H])[2H])CN1C([2H])([2H])C2([2H])[2H].[2H]c1c2c(c([2H])c(OC)c1OC([2H])([2H])[2H])C1([2H])CC([2H])(OC(=O)[C@@]([2H])(N)C([2H])(C([2H])([2H])[2H])C([2H])([2H])[2H])C(C([2H])([2H])C([2H])(C)C([2H])([2H])[2H])CN1CC2.[2H]c1c2c(c([2H])c(OC)c1OC)C1([2H])CC([2H])(OC(=O)[C@@]([2H])(N)C([2H])(C([2H])([2H])[2H])C([2H])([2H])[2H])C(C([2H])([2H])C([2H])(C)C([2H])([2H])[2H])CN1CC2. The Kier molecular flexibility index (Phi) is 13.1. The number of carbonyl (C=O) groups excluding carboxylic acids is 4. The number of esters is 4. The molecule has 0 amide bonds. The van der Waals surface area contributed by atoms with Gasteiger partial charge in [-0.3, -0.25) is 38.8 Å². The van der Waals surface area contributed by atoms with Gasteiger partial charge in [-0.25, -0.2) is 0 Å². The lowest BCUT2D eigenvalue weighted by Gasteiger charge is -2.47. The topological polar surface area (TPSA) is 296 Å². The normalized spacial score (nSPS) is 43.9. The Morgan fingerprint density at radius 1 is 0.408 bits per heavy atom. The number of carbonyl (C=O) groups is 4. The summed E-state index contributed by atoms with van der Waals surface area (Å²) in [6, 6.07) is -21.1. The molecule has 0 aliphatic carbocycles. The molecule has 120 heavy (non-hydrogen) atoms. The van der Waals surface area contributed by atoms with E-state index in [-0.39, 0.29) is 94.1 Å². The number of aryl methyl sites for hydroxylation is 2. The van der Waals surface area contributed by atoms with Crippen LogP contribution in [0.4, 0.5) is 0 Å². The maximum atomic E-state index is 13.7. The third-order valence-electron chi connectivity index (χ3n) is 19.8. The lowest BCUT2D eigenvalue weighted by molar-refractivity contribution is -0.161. The minimum absolute atomic E-state index is 0.0177. The molecule has 12 rings (SSSR count). The number of hydrogen-bond donors (Lipinski definition) is 4. The Morgan fingerprint density at radius 2 is 0.717 bits per heavy atom. The molecule has 24 heteroatoms. The number of nitrogens with zero attached hydrogens (tertiary/aromatic N) is 4. The van der Waals surface area contributed by atoms with Crippen LogP contribution in [0.3, 0.4) is 0 Å². The van der Waals surface area contributed by atoms with Crippen molar-refractivity contribution in [3.8, 4) is 46.0 Å². The molecule has 0 radical (unpaired) electrons. The Hall–Kier alpha value is -7.16. The lowest BCUT2D eigenvalue weighted by Crippen LogP contribution is -2.51. The van der Waals surface area contributed by atoms with Crippen LogP contribution >= 0.6 is 0 Å². The molecule has 4 aromatic rings. The molecule has 8 aliphatic rings. The van der Waals surface area contributed by atoms with Crippen LogP contribution in [0.25, 0.3) is 0 Å². The largest absolute Gasteiger partial charge is 0.493 e. The molecule has 20 atom stereocenters. The van der Waals surface area contributed by atoms with Gasteiger partial charge in [-0.2, -0.15) is 0 Å². The van der Waals surface area contributed by atoms with Crippen molar-refractivity contribution in [2.24, 2.45) is 93.8 Å². The third-order valence-corrected chi connectivity index (χ3v) is 19.8. The first-order chi connectivity index (χ1) is 87.2. The van der Waals surface area contributed by atoms with Gasteiger partial charge < -0.3 is 79.8 Å². The van der Waals surface area contributed by atoms with Crippen LogP contribution in [-0.2, 0) is 63.7 Å². The molecule has 672 valence electrons. The Balaban J connectivity index is 0.000000286. The first-order valence-electron chi connectivity index (χ1n) is 75.6. The van der Waals surface area contributed by atoms with Crippen LogP contribution in [-0.4, -0.2) is 201 Å². The van der Waals surface area contributed by atoms with Gasteiger partial charge in [0.2, 0.25) is 0 Å². The van der Waals surface area contributed by atoms with Gasteiger partial charge >= 0.3 is 23.9 Å². The first-order valence-corrected chi connectivity index (χ1v) is 36.6. The molecular weight excluding hydrogens is 1520 g/mol. The lowest BCUT2D eigenvalue weighted by atomic mass is 9.79. The zero-order valence-electron chi connectivity index (χ0n) is 145. The van der Waals surface area contributed by atoms with E-state index in [1.807, 2.05) is 0 Å². The Bertz CT molecular complexity index is 7560. The fraction of sp³-hybridized carbons (Fsp3) is 0.708. The standard InChI is InChI=1S/4C24H38N2O4/c4*1-14(2)9-17-13-26-8-7-16-10-21(28-5)22(29-6)11-18(16)19(26)12-20(17)30-24(27)23(25)15(3)4/h4*10-11,14-15,17,19-20,23H,7-9,12-13,25H2,1-6H3/t4*17?,19?,20?,23-/m0000/s1/i1D3,3D3,4D3,5D3,9D2,10D,11D,14D,15D,19D,20D,23D;1D3,3D3,4D3,9D2,10D,11D,14D,15D,19D,20D,23D;1D3,3D3,4D3,5D3,7D2,8D2,9D2,14D,15D,23D;1D3,3D3,4D3,7D2,8D2,9D2,14D,15D,23D/t4*14?,17?,19?,20?,23-. The molecule has 0 saturated carbocycles. The number of nitrogens with two attached hydrogens (primary N) is 4. The summed E-state index contributed by atoms with van der Waals surface area (Å²) < 4.78 is 702. The van der Waals surface area contributed by atoms with Crippen molar-refractivity contribution < 1.29 is 183 Å². The summed E-state index contributed by atoms with van der Waals surface area (Å²) in [5.41, 5.74) is 21.3. The van der Waals surface area contributed by atoms with Crippen LogP contribution in [0.1, 0.15) is 337 Å². The summed E-state index contributed by atoms with van der Waals surface area (Å²) >= 11 is 0. The summed E-state index contributed by atoms with van der Waals surface area (Å²) in [7, 11) is 0.865. The van der Waals surface area contributed by atoms with Crippen molar-refractivity contribution >= 4 is 23.9 Å². The minimum atomic E-state index is -4.13. The Labute approximate surface area is 828 Å². The molecule has 4 saturated heterocycles. The molecule has 16 unspecified atom stereocenters. The third kappa shape index (κ3) is 23.8. The molecule has 8 heterocycles. The monoisotopic (exact) mass is 1750 g/mol. The fourth-order valence-electron chi connectivity index (χ4n) is 14.2. The average molecular weight is 1750 g/mol. The van der Waals surface area contributed by atoms with Gasteiger partial charge in [-0.05, 0) is 191 Å². The van der Waals surface area contributed by atoms with E-state index in [0.717, 1.165) is 54.9 Å². The maximum Gasteiger partial charge on any atom is 0.323 e. The van der Waals surface area contributed by atoms with Gasteiger partial charge in [0.25, 0.3) is 0 Å². The van der Waals surface area contributed by atoms with E-state index in [4.69, 9.17) is 181 Å². The second kappa shape index (κ2) is 43.9. The van der Waals surface area contributed by atoms with E-state index in [1.165, 1.54) is 45.5 Å². The van der Waals surface area contributed by atoms with E-state index in [1.54, 1.807) is 0 Å². The molecule has 24 nitrogen and oxygen atoms in total. The van der Waals surface area contributed by atoms with Gasteiger partial charge in [-0.15, -0.1) is 0 Å². The predicted octanol–water partition coefficient (Wildman–Crippen LogP) is 14.3. The van der Waals surface area contributed by atoms with E-state index < -0.39 is 413 Å². The van der Waals surface area contributed by atoms with Crippen molar-refractivity contribution in [1.82, 2.24) is 19.6 Å². The molecule has 8 N–H and O–H groups in total. The van der Waals surface area contributed by atoms with E-state index >= 15 is 0 Å².